The van der Waals surface area contributed by atoms with Gasteiger partial charge in [0.05, 0.1) is 12.8 Å². The highest BCUT2D eigenvalue weighted by Gasteiger charge is 2.31. The van der Waals surface area contributed by atoms with Crippen LogP contribution in [0.2, 0.25) is 0 Å². The lowest BCUT2D eigenvalue weighted by Gasteiger charge is -2.33. The molecule has 1 aliphatic heterocycles. The molecular formula is C21H22N4O3S. The number of furan rings is 1. The minimum absolute atomic E-state index is 0.0100. The summed E-state index contributed by atoms with van der Waals surface area (Å²) in [5, 5.41) is 11.5. The van der Waals surface area contributed by atoms with E-state index in [1.807, 2.05) is 28.2 Å². The summed E-state index contributed by atoms with van der Waals surface area (Å²) >= 11 is 1.67. The van der Waals surface area contributed by atoms with E-state index < -0.39 is 0 Å². The van der Waals surface area contributed by atoms with Gasteiger partial charge >= 0.3 is 0 Å². The molecule has 0 aliphatic carbocycles. The Balaban J connectivity index is 1.41. The summed E-state index contributed by atoms with van der Waals surface area (Å²) in [6.45, 7) is 4.68. The maximum absolute atomic E-state index is 13.0. The van der Waals surface area contributed by atoms with Crippen LogP contribution in [0, 0.1) is 17.2 Å². The van der Waals surface area contributed by atoms with Crippen molar-refractivity contribution in [3.8, 4) is 17.7 Å². The Labute approximate surface area is 173 Å². The first kappa shape index (κ1) is 19.3. The number of carbonyl (C=O) groups excluding carboxylic acids is 1. The molecule has 7 nitrogen and oxygen atoms in total. The number of nitriles is 1. The van der Waals surface area contributed by atoms with Crippen molar-refractivity contribution in [2.45, 2.75) is 26.3 Å². The molecule has 150 valence electrons. The van der Waals surface area contributed by atoms with E-state index in [-0.39, 0.29) is 17.5 Å². The second-order valence-electron chi connectivity index (χ2n) is 6.95. The number of thiophene rings is 1. The predicted octanol–water partition coefficient (Wildman–Crippen LogP) is 4.13. The molecule has 0 atom stereocenters. The number of piperidine rings is 1. The molecule has 0 N–H and O–H groups in total. The molecule has 1 amide bonds. The number of amides is 1. The average Bonchev–Trinajstić information content (AvgIpc) is 3.52. The Morgan fingerprint density at radius 3 is 2.83 bits per heavy atom. The number of hydrogen-bond acceptors (Lipinski definition) is 7. The van der Waals surface area contributed by atoms with Crippen molar-refractivity contribution >= 4 is 23.1 Å². The Morgan fingerprint density at radius 2 is 2.21 bits per heavy atom. The first-order chi connectivity index (χ1) is 14.2. The number of carbonyl (C=O) groups is 1. The number of nitrogens with zero attached hydrogens (tertiary/aromatic N) is 4. The number of oxazole rings is 1. The topological polar surface area (TPSA) is 86.5 Å². The summed E-state index contributed by atoms with van der Waals surface area (Å²) < 4.78 is 11.1. The summed E-state index contributed by atoms with van der Waals surface area (Å²) in [6.07, 6.45) is 2.99. The first-order valence-corrected chi connectivity index (χ1v) is 10.6. The van der Waals surface area contributed by atoms with Gasteiger partial charge in [0.15, 0.2) is 5.76 Å². The lowest BCUT2D eigenvalue weighted by molar-refractivity contribution is -0.136. The van der Waals surface area contributed by atoms with E-state index in [4.69, 9.17) is 8.83 Å². The summed E-state index contributed by atoms with van der Waals surface area (Å²) in [5.41, 5.74) is 0.244. The fourth-order valence-corrected chi connectivity index (χ4v) is 4.35. The molecule has 4 heterocycles. The molecule has 0 radical (unpaired) electrons. The molecule has 0 unspecified atom stereocenters. The highest BCUT2D eigenvalue weighted by atomic mass is 32.1. The molecule has 0 aromatic carbocycles. The molecule has 0 saturated carbocycles. The smallest absolute Gasteiger partial charge is 0.266 e. The molecule has 1 aliphatic rings. The van der Waals surface area contributed by atoms with Gasteiger partial charge in [-0.3, -0.25) is 4.79 Å². The maximum Gasteiger partial charge on any atom is 0.266 e. The molecule has 29 heavy (non-hydrogen) atoms. The van der Waals surface area contributed by atoms with Gasteiger partial charge in [0, 0.05) is 30.4 Å². The van der Waals surface area contributed by atoms with Crippen molar-refractivity contribution in [1.29, 1.82) is 5.26 Å². The van der Waals surface area contributed by atoms with Gasteiger partial charge in [0.1, 0.15) is 6.07 Å². The van der Waals surface area contributed by atoms with E-state index in [9.17, 15) is 10.1 Å². The van der Waals surface area contributed by atoms with Crippen LogP contribution in [0.15, 0.2) is 44.7 Å². The quantitative estimate of drug-likeness (QED) is 0.607. The molecule has 3 aromatic heterocycles. The van der Waals surface area contributed by atoms with E-state index in [1.165, 1.54) is 11.1 Å². The molecule has 8 heteroatoms. The highest BCUT2D eigenvalue weighted by Crippen LogP contribution is 2.31. The predicted molar refractivity (Wildman–Crippen MR) is 109 cm³/mol. The lowest BCUT2D eigenvalue weighted by Crippen LogP contribution is -2.42. The van der Waals surface area contributed by atoms with Crippen molar-refractivity contribution in [3.63, 3.8) is 0 Å². The standard InChI is InChI=1S/C21H22N4O3S/c1-2-24(14-16-5-4-12-29-16)20(26)15-7-9-25(10-8-15)21-17(13-22)23-19(28-21)18-6-3-11-27-18/h3-6,11-12,15H,2,7-10,14H2,1H3. The van der Waals surface area contributed by atoms with Crippen LogP contribution in [0.25, 0.3) is 11.7 Å². The van der Waals surface area contributed by atoms with Crippen LogP contribution in [0.4, 0.5) is 5.88 Å². The van der Waals surface area contributed by atoms with Crippen molar-refractivity contribution < 1.29 is 13.6 Å². The van der Waals surface area contributed by atoms with Crippen LogP contribution in [0.1, 0.15) is 30.3 Å². The molecule has 0 bridgehead atoms. The van der Waals surface area contributed by atoms with Gasteiger partial charge in [-0.1, -0.05) is 6.07 Å². The number of aromatic nitrogens is 1. The van der Waals surface area contributed by atoms with E-state index in [1.54, 1.807) is 23.5 Å². The van der Waals surface area contributed by atoms with E-state index in [0.717, 1.165) is 12.8 Å². The van der Waals surface area contributed by atoms with Gasteiger partial charge in [0.2, 0.25) is 17.5 Å². The summed E-state index contributed by atoms with van der Waals surface area (Å²) in [5.74, 6) is 1.44. The zero-order valence-electron chi connectivity index (χ0n) is 16.2. The van der Waals surface area contributed by atoms with Crippen LogP contribution in [0.3, 0.4) is 0 Å². The average molecular weight is 410 g/mol. The summed E-state index contributed by atoms with van der Waals surface area (Å²) in [7, 11) is 0. The third-order valence-electron chi connectivity index (χ3n) is 5.20. The third kappa shape index (κ3) is 4.05. The third-order valence-corrected chi connectivity index (χ3v) is 6.06. The Hall–Kier alpha value is -3.05. The number of rotatable bonds is 6. The SMILES string of the molecule is CCN(Cc1cccs1)C(=O)C1CCN(c2oc(-c3ccco3)nc2C#N)CC1. The zero-order chi connectivity index (χ0) is 20.2. The second-order valence-corrected chi connectivity index (χ2v) is 7.99. The Bertz CT molecular complexity index is 980. The second kappa shape index (κ2) is 8.53. The van der Waals surface area contributed by atoms with Crippen molar-refractivity contribution in [3.05, 3.63) is 46.5 Å². The van der Waals surface area contributed by atoms with Crippen molar-refractivity contribution in [2.75, 3.05) is 24.5 Å². The van der Waals surface area contributed by atoms with E-state index in [2.05, 4.69) is 17.1 Å². The monoisotopic (exact) mass is 410 g/mol. The van der Waals surface area contributed by atoms with Gasteiger partial charge in [-0.05, 0) is 43.3 Å². The highest BCUT2D eigenvalue weighted by molar-refractivity contribution is 7.09. The Morgan fingerprint density at radius 1 is 1.38 bits per heavy atom. The zero-order valence-corrected chi connectivity index (χ0v) is 17.0. The fourth-order valence-electron chi connectivity index (χ4n) is 3.63. The van der Waals surface area contributed by atoms with Crippen LogP contribution < -0.4 is 4.90 Å². The van der Waals surface area contributed by atoms with Crippen molar-refractivity contribution in [1.82, 2.24) is 9.88 Å². The van der Waals surface area contributed by atoms with Gasteiger partial charge < -0.3 is 18.6 Å². The summed E-state index contributed by atoms with van der Waals surface area (Å²) in [4.78, 5) is 22.4. The fraction of sp³-hybridized carbons (Fsp3) is 0.381. The lowest BCUT2D eigenvalue weighted by atomic mass is 9.95. The minimum atomic E-state index is -0.0100. The number of anilines is 1. The largest absolute Gasteiger partial charge is 0.459 e. The molecular weight excluding hydrogens is 388 g/mol. The van der Waals surface area contributed by atoms with Gasteiger partial charge in [0.25, 0.3) is 5.89 Å². The van der Waals surface area contributed by atoms with Gasteiger partial charge in [-0.25, -0.2) is 0 Å². The molecule has 1 fully saturated rings. The minimum Gasteiger partial charge on any atom is -0.459 e. The van der Waals surface area contributed by atoms with Gasteiger partial charge in [-0.15, -0.1) is 11.3 Å². The van der Waals surface area contributed by atoms with E-state index in [0.29, 0.717) is 43.7 Å². The van der Waals surface area contributed by atoms with Gasteiger partial charge in [-0.2, -0.15) is 10.2 Å². The normalized spacial score (nSPS) is 14.7. The molecule has 0 spiro atoms. The molecule has 1 saturated heterocycles. The van der Waals surface area contributed by atoms with Crippen LogP contribution in [-0.4, -0.2) is 35.4 Å². The van der Waals surface area contributed by atoms with E-state index >= 15 is 0 Å². The summed E-state index contributed by atoms with van der Waals surface area (Å²) in [6, 6.07) is 9.67. The van der Waals surface area contributed by atoms with Crippen molar-refractivity contribution in [2.24, 2.45) is 5.92 Å². The first-order valence-electron chi connectivity index (χ1n) is 9.70. The van der Waals surface area contributed by atoms with Crippen LogP contribution in [0.5, 0.6) is 0 Å². The Kier molecular flexibility index (Phi) is 5.67. The molecule has 4 rings (SSSR count). The molecule has 3 aromatic rings. The van der Waals surface area contributed by atoms with Crippen LogP contribution in [-0.2, 0) is 11.3 Å². The van der Waals surface area contributed by atoms with Crippen LogP contribution >= 0.6 is 11.3 Å². The maximum atomic E-state index is 13.0. The number of hydrogen-bond donors (Lipinski definition) is 0.